The Labute approximate surface area is 113 Å². The highest BCUT2D eigenvalue weighted by molar-refractivity contribution is 6.30. The number of aromatic nitrogens is 1. The Morgan fingerprint density at radius 1 is 1.26 bits per heavy atom. The molecule has 0 radical (unpaired) electrons. The van der Waals surface area contributed by atoms with Crippen molar-refractivity contribution in [1.29, 1.82) is 0 Å². The van der Waals surface area contributed by atoms with Crippen LogP contribution in [0.4, 0.5) is 11.5 Å². The molecule has 0 fully saturated rings. The van der Waals surface area contributed by atoms with E-state index in [1.54, 1.807) is 24.3 Å². The summed E-state index contributed by atoms with van der Waals surface area (Å²) in [7, 11) is 0. The van der Waals surface area contributed by atoms with Gasteiger partial charge in [0.15, 0.2) is 0 Å². The van der Waals surface area contributed by atoms with E-state index in [-0.39, 0.29) is 11.5 Å². The molecule has 0 atom stereocenters. The number of rotatable bonds is 3. The second-order valence-electron chi connectivity index (χ2n) is 3.62. The maximum Gasteiger partial charge on any atom is 0.274 e. The SMILES string of the molecule is O=C(Nc1cc([N+](=O)[O-])ccn1)c1ccc(Cl)cc1. The van der Waals surface area contributed by atoms with E-state index >= 15 is 0 Å². The van der Waals surface area contributed by atoms with E-state index in [2.05, 4.69) is 10.3 Å². The third-order valence-corrected chi connectivity index (χ3v) is 2.55. The van der Waals surface area contributed by atoms with Gasteiger partial charge < -0.3 is 5.32 Å². The first kappa shape index (κ1) is 13.0. The van der Waals surface area contributed by atoms with Crippen LogP contribution in [0.15, 0.2) is 42.6 Å². The topological polar surface area (TPSA) is 85.1 Å². The molecular weight excluding hydrogens is 270 g/mol. The van der Waals surface area contributed by atoms with Crippen LogP contribution in [0.2, 0.25) is 5.02 Å². The summed E-state index contributed by atoms with van der Waals surface area (Å²) in [5.74, 6) is -0.293. The minimum Gasteiger partial charge on any atom is -0.306 e. The predicted molar refractivity (Wildman–Crippen MR) is 70.3 cm³/mol. The van der Waals surface area contributed by atoms with Gasteiger partial charge in [0.2, 0.25) is 0 Å². The highest BCUT2D eigenvalue weighted by atomic mass is 35.5. The van der Waals surface area contributed by atoms with Crippen molar-refractivity contribution in [3.8, 4) is 0 Å². The first-order valence-corrected chi connectivity index (χ1v) is 5.61. The minimum atomic E-state index is -0.556. The molecule has 0 spiro atoms. The van der Waals surface area contributed by atoms with Gasteiger partial charge in [-0.3, -0.25) is 14.9 Å². The molecule has 96 valence electrons. The number of hydrogen-bond acceptors (Lipinski definition) is 4. The Hall–Kier alpha value is -2.47. The molecule has 1 heterocycles. The summed E-state index contributed by atoms with van der Waals surface area (Å²) >= 11 is 5.71. The van der Waals surface area contributed by atoms with Gasteiger partial charge in [0, 0.05) is 22.8 Å². The zero-order valence-corrected chi connectivity index (χ0v) is 10.3. The van der Waals surface area contributed by atoms with Gasteiger partial charge in [-0.25, -0.2) is 4.98 Å². The molecule has 2 aromatic rings. The van der Waals surface area contributed by atoms with E-state index in [4.69, 9.17) is 11.6 Å². The number of anilines is 1. The van der Waals surface area contributed by atoms with Crippen LogP contribution in [0.3, 0.4) is 0 Å². The van der Waals surface area contributed by atoms with Gasteiger partial charge in [-0.15, -0.1) is 0 Å². The molecule has 0 bridgehead atoms. The second kappa shape index (κ2) is 5.45. The Balaban J connectivity index is 2.17. The molecule has 0 unspecified atom stereocenters. The summed E-state index contributed by atoms with van der Waals surface area (Å²) in [4.78, 5) is 25.7. The molecule has 1 aromatic heterocycles. The van der Waals surface area contributed by atoms with Crippen LogP contribution in [0.1, 0.15) is 10.4 Å². The molecule has 2 rings (SSSR count). The van der Waals surface area contributed by atoms with Crippen LogP contribution >= 0.6 is 11.6 Å². The summed E-state index contributed by atoms with van der Waals surface area (Å²) in [6.07, 6.45) is 1.26. The molecule has 0 aliphatic carbocycles. The van der Waals surface area contributed by atoms with Crippen molar-refractivity contribution in [3.63, 3.8) is 0 Å². The van der Waals surface area contributed by atoms with Crippen molar-refractivity contribution < 1.29 is 9.72 Å². The lowest BCUT2D eigenvalue weighted by Gasteiger charge is -2.04. The number of carbonyl (C=O) groups is 1. The average molecular weight is 278 g/mol. The number of nitrogens with zero attached hydrogens (tertiary/aromatic N) is 2. The fourth-order valence-electron chi connectivity index (χ4n) is 1.39. The Kier molecular flexibility index (Phi) is 3.72. The standard InChI is InChI=1S/C12H8ClN3O3/c13-9-3-1-8(2-4-9)12(17)15-11-7-10(16(18)19)5-6-14-11/h1-7H,(H,14,15,17). The van der Waals surface area contributed by atoms with Gasteiger partial charge in [0.05, 0.1) is 11.0 Å². The number of nitro groups is 1. The normalized spacial score (nSPS) is 9.95. The van der Waals surface area contributed by atoms with E-state index in [1.807, 2.05) is 0 Å². The predicted octanol–water partition coefficient (Wildman–Crippen LogP) is 2.90. The molecule has 19 heavy (non-hydrogen) atoms. The number of nitrogens with one attached hydrogen (secondary N) is 1. The Morgan fingerprint density at radius 3 is 2.58 bits per heavy atom. The van der Waals surface area contributed by atoms with Gasteiger partial charge in [0.1, 0.15) is 5.82 Å². The lowest BCUT2D eigenvalue weighted by atomic mass is 10.2. The summed E-state index contributed by atoms with van der Waals surface area (Å²) in [6, 6.07) is 8.70. The number of halogens is 1. The number of pyridine rings is 1. The van der Waals surface area contributed by atoms with Crippen molar-refractivity contribution >= 4 is 29.0 Å². The van der Waals surface area contributed by atoms with Crippen molar-refractivity contribution in [2.75, 3.05) is 5.32 Å². The molecule has 0 aliphatic rings. The van der Waals surface area contributed by atoms with Gasteiger partial charge in [0.25, 0.3) is 11.6 Å². The summed E-state index contributed by atoms with van der Waals surface area (Å²) in [5.41, 5.74) is 0.249. The molecule has 0 saturated carbocycles. The zero-order chi connectivity index (χ0) is 13.8. The van der Waals surface area contributed by atoms with Crippen molar-refractivity contribution in [1.82, 2.24) is 4.98 Å². The molecule has 1 amide bonds. The maximum absolute atomic E-state index is 11.8. The first-order valence-electron chi connectivity index (χ1n) is 5.23. The summed E-state index contributed by atoms with van der Waals surface area (Å²) in [5, 5.41) is 13.6. The monoisotopic (exact) mass is 277 g/mol. The van der Waals surface area contributed by atoms with Crippen molar-refractivity contribution in [2.45, 2.75) is 0 Å². The molecule has 1 N–H and O–H groups in total. The Morgan fingerprint density at radius 2 is 1.95 bits per heavy atom. The summed E-state index contributed by atoms with van der Waals surface area (Å²) in [6.45, 7) is 0. The number of amides is 1. The van der Waals surface area contributed by atoms with Gasteiger partial charge in [-0.05, 0) is 24.3 Å². The van der Waals surface area contributed by atoms with Crippen molar-refractivity contribution in [2.24, 2.45) is 0 Å². The highest BCUT2D eigenvalue weighted by Gasteiger charge is 2.10. The lowest BCUT2D eigenvalue weighted by molar-refractivity contribution is -0.384. The fourth-order valence-corrected chi connectivity index (χ4v) is 1.52. The van der Waals surface area contributed by atoms with Crippen LogP contribution in [0.5, 0.6) is 0 Å². The third kappa shape index (κ3) is 3.26. The van der Waals surface area contributed by atoms with Crippen molar-refractivity contribution in [3.05, 3.63) is 63.3 Å². The fraction of sp³-hybridized carbons (Fsp3) is 0. The maximum atomic E-state index is 11.8. The van der Waals surface area contributed by atoms with Gasteiger partial charge >= 0.3 is 0 Å². The Bertz CT molecular complexity index is 628. The summed E-state index contributed by atoms with van der Waals surface area (Å²) < 4.78 is 0. The average Bonchev–Trinajstić information content (AvgIpc) is 2.39. The van der Waals surface area contributed by atoms with E-state index in [1.165, 1.54) is 18.3 Å². The zero-order valence-electron chi connectivity index (χ0n) is 9.54. The smallest absolute Gasteiger partial charge is 0.274 e. The lowest BCUT2D eigenvalue weighted by Crippen LogP contribution is -2.12. The molecule has 0 aliphatic heterocycles. The van der Waals surface area contributed by atoms with Gasteiger partial charge in [-0.2, -0.15) is 0 Å². The largest absolute Gasteiger partial charge is 0.306 e. The molecule has 7 heteroatoms. The van der Waals surface area contributed by atoms with E-state index in [0.717, 1.165) is 0 Å². The van der Waals surface area contributed by atoms with E-state index in [0.29, 0.717) is 10.6 Å². The van der Waals surface area contributed by atoms with Crippen LogP contribution in [-0.2, 0) is 0 Å². The molecular formula is C12H8ClN3O3. The highest BCUT2D eigenvalue weighted by Crippen LogP contribution is 2.15. The first-order chi connectivity index (χ1) is 9.06. The van der Waals surface area contributed by atoms with Gasteiger partial charge in [-0.1, -0.05) is 11.6 Å². The molecule has 1 aromatic carbocycles. The number of hydrogen-bond donors (Lipinski definition) is 1. The van der Waals surface area contributed by atoms with Crippen LogP contribution in [0, 0.1) is 10.1 Å². The molecule has 6 nitrogen and oxygen atoms in total. The van der Waals surface area contributed by atoms with Crippen LogP contribution in [0.25, 0.3) is 0 Å². The number of benzene rings is 1. The minimum absolute atomic E-state index is 0.120. The van der Waals surface area contributed by atoms with Crippen LogP contribution in [-0.4, -0.2) is 15.8 Å². The molecule has 0 saturated heterocycles. The quantitative estimate of drug-likeness (QED) is 0.690. The number of carbonyl (C=O) groups excluding carboxylic acids is 1. The second-order valence-corrected chi connectivity index (χ2v) is 4.05. The van der Waals surface area contributed by atoms with E-state index in [9.17, 15) is 14.9 Å². The van der Waals surface area contributed by atoms with E-state index < -0.39 is 10.8 Å². The third-order valence-electron chi connectivity index (χ3n) is 2.30. The van der Waals surface area contributed by atoms with Crippen LogP contribution < -0.4 is 5.32 Å².